The van der Waals surface area contributed by atoms with Crippen LogP contribution >= 0.6 is 0 Å². The van der Waals surface area contributed by atoms with E-state index in [0.717, 1.165) is 5.52 Å². The van der Waals surface area contributed by atoms with E-state index in [4.69, 9.17) is 0 Å². The number of aromatic nitrogens is 5. The highest BCUT2D eigenvalue weighted by Crippen LogP contribution is 2.30. The van der Waals surface area contributed by atoms with Crippen molar-refractivity contribution in [1.82, 2.24) is 24.3 Å². The van der Waals surface area contributed by atoms with E-state index >= 15 is 0 Å². The molecule has 5 nitrogen and oxygen atoms in total. The molecule has 0 fully saturated rings. The van der Waals surface area contributed by atoms with Gasteiger partial charge in [-0.15, -0.1) is 0 Å². The van der Waals surface area contributed by atoms with Gasteiger partial charge in [0.1, 0.15) is 0 Å². The summed E-state index contributed by atoms with van der Waals surface area (Å²) in [5.74, 6) is 1.09. The van der Waals surface area contributed by atoms with E-state index in [1.807, 2.05) is 97.8 Å². The van der Waals surface area contributed by atoms with Crippen LogP contribution in [-0.4, -0.2) is 24.3 Å². The molecule has 5 heteroatoms. The zero-order chi connectivity index (χ0) is 47.2. The maximum atomic E-state index is 4.51. The number of fused-ring (bicyclic) bond motifs is 4. The molecule has 0 aliphatic rings. The molecule has 0 aliphatic carbocycles. The van der Waals surface area contributed by atoms with Gasteiger partial charge in [0.2, 0.25) is 0 Å². The average Bonchev–Trinajstić information content (AvgIpc) is 3.82. The summed E-state index contributed by atoms with van der Waals surface area (Å²) < 4.78 is 4.15. The van der Waals surface area contributed by atoms with Crippen LogP contribution in [0.3, 0.4) is 0 Å². The van der Waals surface area contributed by atoms with Gasteiger partial charge in [-0.1, -0.05) is 203 Å². The van der Waals surface area contributed by atoms with E-state index in [1.165, 1.54) is 60.3 Å². The number of aryl methyl sites for hydroxylation is 2. The van der Waals surface area contributed by atoms with Crippen LogP contribution in [0.5, 0.6) is 0 Å². The van der Waals surface area contributed by atoms with Crippen LogP contribution in [0.15, 0.2) is 128 Å². The normalized spacial score (nSPS) is 10.5. The minimum Gasteiger partial charge on any atom is -0.350 e. The van der Waals surface area contributed by atoms with Crippen LogP contribution < -0.4 is 0 Å². The summed E-state index contributed by atoms with van der Waals surface area (Å²) in [7, 11) is 4.10. The summed E-state index contributed by atoms with van der Waals surface area (Å²) in [5, 5.41) is 11.0. The molecule has 0 saturated carbocycles. The summed E-state index contributed by atoms with van der Waals surface area (Å²) >= 11 is 0. The maximum Gasteiger partial charge on any atom is 0.0728 e. The van der Waals surface area contributed by atoms with Gasteiger partial charge < -0.3 is 4.57 Å². The number of hydrogen-bond donors (Lipinski definition) is 0. The third-order valence-corrected chi connectivity index (χ3v) is 9.82. The van der Waals surface area contributed by atoms with Gasteiger partial charge in [-0.05, 0) is 69.0 Å². The third kappa shape index (κ3) is 15.0. The zero-order valence-electron chi connectivity index (χ0n) is 42.5. The van der Waals surface area contributed by atoms with Crippen molar-refractivity contribution in [3.63, 3.8) is 0 Å². The van der Waals surface area contributed by atoms with E-state index in [1.54, 1.807) is 0 Å². The first-order valence-electron chi connectivity index (χ1n) is 23.2. The Hall–Kier alpha value is -5.29. The van der Waals surface area contributed by atoms with E-state index < -0.39 is 0 Å². The molecule has 0 amide bonds. The summed E-state index contributed by atoms with van der Waals surface area (Å²) in [6, 6.07) is 35.7. The fourth-order valence-corrected chi connectivity index (χ4v) is 6.97. The Bertz CT molecular complexity index is 2260. The smallest absolute Gasteiger partial charge is 0.0728 e. The molecule has 0 aliphatic heterocycles. The van der Waals surface area contributed by atoms with Crippen molar-refractivity contribution in [1.29, 1.82) is 0 Å². The van der Waals surface area contributed by atoms with E-state index in [0.29, 0.717) is 11.8 Å². The monoisotopic (exact) mass is 838 g/mol. The fraction of sp³-hybridized carbons (Fsp3) is 0.421. The highest BCUT2D eigenvalue weighted by atomic mass is 15.3. The van der Waals surface area contributed by atoms with Gasteiger partial charge >= 0.3 is 0 Å². The maximum absolute atomic E-state index is 4.51. The van der Waals surface area contributed by atoms with Crippen molar-refractivity contribution in [3.8, 4) is 0 Å². The Kier molecular flexibility index (Phi) is 23.8. The predicted molar refractivity (Wildman–Crippen MR) is 278 cm³/mol. The third-order valence-electron chi connectivity index (χ3n) is 9.82. The first-order valence-corrected chi connectivity index (χ1v) is 23.2. The molecule has 4 heterocycles. The summed E-state index contributed by atoms with van der Waals surface area (Å²) in [5.41, 5.74) is 9.28. The molecule has 4 aromatic carbocycles. The van der Waals surface area contributed by atoms with E-state index in [9.17, 15) is 0 Å². The Morgan fingerprint density at radius 1 is 0.484 bits per heavy atom. The number of pyridine rings is 2. The molecule has 336 valence electrons. The van der Waals surface area contributed by atoms with Crippen LogP contribution in [-0.2, 0) is 24.9 Å². The molecule has 0 radical (unpaired) electrons. The van der Waals surface area contributed by atoms with Gasteiger partial charge in [0.15, 0.2) is 0 Å². The second-order valence-corrected chi connectivity index (χ2v) is 16.8. The van der Waals surface area contributed by atoms with Gasteiger partial charge in [-0.2, -0.15) is 5.10 Å². The quantitative estimate of drug-likeness (QED) is 0.174. The molecule has 0 spiro atoms. The molecule has 0 atom stereocenters. The number of benzene rings is 4. The number of rotatable bonds is 2. The van der Waals surface area contributed by atoms with Crippen LogP contribution in [0.2, 0.25) is 0 Å². The lowest BCUT2D eigenvalue weighted by atomic mass is 9.85. The number of nitrogens with zero attached hydrogens (tertiary/aromatic N) is 5. The Morgan fingerprint density at radius 3 is 1.52 bits per heavy atom. The van der Waals surface area contributed by atoms with Gasteiger partial charge in [-0.3, -0.25) is 14.6 Å². The highest BCUT2D eigenvalue weighted by molar-refractivity contribution is 5.86. The molecule has 62 heavy (non-hydrogen) atoms. The zero-order valence-corrected chi connectivity index (χ0v) is 42.5. The van der Waals surface area contributed by atoms with Crippen LogP contribution in [0, 0.1) is 0 Å². The van der Waals surface area contributed by atoms with Crippen molar-refractivity contribution in [3.05, 3.63) is 150 Å². The van der Waals surface area contributed by atoms with Gasteiger partial charge in [0.05, 0.1) is 16.7 Å². The summed E-state index contributed by atoms with van der Waals surface area (Å²) in [4.78, 5) is 8.63. The molecular weight excluding hydrogens is 755 g/mol. The van der Waals surface area contributed by atoms with Crippen molar-refractivity contribution in [2.75, 3.05) is 0 Å². The topological polar surface area (TPSA) is 48.5 Å². The average molecular weight is 838 g/mol. The van der Waals surface area contributed by atoms with Crippen molar-refractivity contribution in [2.24, 2.45) is 14.1 Å². The molecule has 8 aromatic rings. The molecule has 0 bridgehead atoms. The fourth-order valence-electron chi connectivity index (χ4n) is 6.97. The molecule has 0 N–H and O–H groups in total. The van der Waals surface area contributed by atoms with Crippen molar-refractivity contribution >= 4 is 43.5 Å². The second kappa shape index (κ2) is 26.9. The second-order valence-electron chi connectivity index (χ2n) is 16.8. The standard InChI is InChI=1S/2C13H15N.C12H15N.C11H14N2.4C2H6/c1-13(2,3)12-9-14-8-10-6-4-5-7-11(10)12;1-13(2,3)11-8-9-14-12-7-5-4-6-10(11)12;1-9(2)11-8-13(3)12-7-5-4-6-10(11)12;1-8(2)11-9-6-4-5-7-10(9)13(3)12-11;4*1-2/h2*4-9H,1-3H3;4-9H,1-3H3;4-8H,1-3H3;4*1-2H3. The molecular formula is C57H83N5. The van der Waals surface area contributed by atoms with E-state index in [-0.39, 0.29) is 10.8 Å². The van der Waals surface area contributed by atoms with Crippen LogP contribution in [0.4, 0.5) is 0 Å². The van der Waals surface area contributed by atoms with Crippen molar-refractivity contribution < 1.29 is 0 Å². The molecule has 0 saturated heterocycles. The minimum absolute atomic E-state index is 0.161. The SMILES string of the molecule is CC.CC.CC.CC.CC(C)(C)c1ccnc2ccccc12.CC(C)(C)c1cncc2ccccc12.CC(C)c1cn(C)c2ccccc12.CC(C)c1nn(C)c2ccccc12. The lowest BCUT2D eigenvalue weighted by Gasteiger charge is -2.20. The molecule has 4 aromatic heterocycles. The number of hydrogen-bond acceptors (Lipinski definition) is 3. The van der Waals surface area contributed by atoms with Crippen LogP contribution in [0.1, 0.15) is 159 Å². The highest BCUT2D eigenvalue weighted by Gasteiger charge is 2.17. The largest absolute Gasteiger partial charge is 0.350 e. The van der Waals surface area contributed by atoms with Gasteiger partial charge in [0.25, 0.3) is 0 Å². The van der Waals surface area contributed by atoms with Gasteiger partial charge in [0, 0.05) is 65.9 Å². The Morgan fingerprint density at radius 2 is 0.968 bits per heavy atom. The first-order chi connectivity index (χ1) is 29.6. The predicted octanol–water partition coefficient (Wildman–Crippen LogP) is 17.2. The summed E-state index contributed by atoms with van der Waals surface area (Å²) in [6.07, 6.45) is 8.02. The number of para-hydroxylation sites is 3. The van der Waals surface area contributed by atoms with Gasteiger partial charge in [-0.25, -0.2) is 0 Å². The Balaban J connectivity index is 0.000000392. The van der Waals surface area contributed by atoms with E-state index in [2.05, 4.69) is 193 Å². The van der Waals surface area contributed by atoms with Crippen molar-refractivity contribution in [2.45, 2.75) is 147 Å². The first kappa shape index (κ1) is 54.7. The Labute approximate surface area is 378 Å². The lowest BCUT2D eigenvalue weighted by Crippen LogP contribution is -2.11. The summed E-state index contributed by atoms with van der Waals surface area (Å²) in [6.45, 7) is 38.2. The molecule has 8 rings (SSSR count). The lowest BCUT2D eigenvalue weighted by molar-refractivity contribution is 0.593. The van der Waals surface area contributed by atoms with Crippen LogP contribution in [0.25, 0.3) is 43.5 Å². The minimum atomic E-state index is 0.161. The molecule has 0 unspecified atom stereocenters.